The van der Waals surface area contributed by atoms with Gasteiger partial charge in [-0.1, -0.05) is 23.2 Å². The van der Waals surface area contributed by atoms with Gasteiger partial charge in [0.05, 0.1) is 21.6 Å². The van der Waals surface area contributed by atoms with E-state index >= 15 is 0 Å². The summed E-state index contributed by atoms with van der Waals surface area (Å²) in [4.78, 5) is 18.8. The Morgan fingerprint density at radius 2 is 2.07 bits per heavy atom. The van der Waals surface area contributed by atoms with E-state index in [1.807, 2.05) is 0 Å². The van der Waals surface area contributed by atoms with Crippen LogP contribution in [0.15, 0.2) is 46.1 Å². The number of carbonyl (C=O) groups is 1. The second-order valence-electron chi connectivity index (χ2n) is 6.62. The van der Waals surface area contributed by atoms with Crippen LogP contribution in [0.2, 0.25) is 10.0 Å². The van der Waals surface area contributed by atoms with Crippen LogP contribution in [0.1, 0.15) is 17.0 Å². The van der Waals surface area contributed by atoms with Crippen LogP contribution in [0.5, 0.6) is 0 Å². The van der Waals surface area contributed by atoms with Gasteiger partial charge in [0, 0.05) is 49.1 Å². The summed E-state index contributed by atoms with van der Waals surface area (Å²) in [6, 6.07) is 6.23. The molecule has 1 amide bonds. The first kappa shape index (κ1) is 18.6. The number of amides is 1. The Hall–Kier alpha value is -2.42. The van der Waals surface area contributed by atoms with Crippen LogP contribution in [0, 0.1) is 5.82 Å². The van der Waals surface area contributed by atoms with E-state index in [-0.39, 0.29) is 11.1 Å². The molecule has 0 saturated carbocycles. The molecule has 0 aliphatic carbocycles. The lowest BCUT2D eigenvalue weighted by molar-refractivity contribution is 0.0959. The first-order valence-electron chi connectivity index (χ1n) is 8.77. The van der Waals surface area contributed by atoms with Crippen LogP contribution in [-0.2, 0) is 0 Å². The van der Waals surface area contributed by atoms with Gasteiger partial charge in [-0.2, -0.15) is 0 Å². The lowest BCUT2D eigenvalue weighted by Gasteiger charge is -2.33. The zero-order valence-electron chi connectivity index (χ0n) is 14.8. The maximum atomic E-state index is 14.4. The minimum absolute atomic E-state index is 0.0250. The smallest absolute Gasteiger partial charge is 0.297 e. The van der Waals surface area contributed by atoms with Gasteiger partial charge in [0.2, 0.25) is 0 Å². The minimum Gasteiger partial charge on any atom is -0.451 e. The highest BCUT2D eigenvalue weighted by atomic mass is 35.5. The standard InChI is InChI=1S/C19H13Cl2FN4O2S/c20-10-4-13(21)18-23-8-17(26(18)9-10)29-24-19(27)16-7-12-14(22)5-11(6-15(12)28-16)25-2-1-3-25/h4-9H,1-3H2,(H,24,27). The summed E-state index contributed by atoms with van der Waals surface area (Å²) in [5, 5.41) is 1.73. The van der Waals surface area contributed by atoms with Crippen molar-refractivity contribution in [3.8, 4) is 0 Å². The number of rotatable bonds is 4. The number of anilines is 1. The normalized spacial score (nSPS) is 13.8. The van der Waals surface area contributed by atoms with Gasteiger partial charge in [-0.15, -0.1) is 0 Å². The zero-order chi connectivity index (χ0) is 20.1. The highest BCUT2D eigenvalue weighted by molar-refractivity contribution is 7.97. The van der Waals surface area contributed by atoms with Gasteiger partial charge in [-0.25, -0.2) is 9.37 Å². The minimum atomic E-state index is -0.487. The van der Waals surface area contributed by atoms with Crippen molar-refractivity contribution in [3.05, 3.63) is 58.3 Å². The monoisotopic (exact) mass is 450 g/mol. The molecule has 1 aromatic carbocycles. The number of fused-ring (bicyclic) bond motifs is 2. The molecule has 0 spiro atoms. The number of furan rings is 1. The molecule has 1 saturated heterocycles. The average Bonchev–Trinajstić information content (AvgIpc) is 3.23. The predicted octanol–water partition coefficient (Wildman–Crippen LogP) is 5.17. The lowest BCUT2D eigenvalue weighted by atomic mass is 10.1. The summed E-state index contributed by atoms with van der Waals surface area (Å²) in [6.07, 6.45) is 4.31. The summed E-state index contributed by atoms with van der Waals surface area (Å²) >= 11 is 13.2. The Balaban J connectivity index is 1.38. The van der Waals surface area contributed by atoms with Crippen LogP contribution < -0.4 is 9.62 Å². The number of pyridine rings is 1. The van der Waals surface area contributed by atoms with E-state index in [4.69, 9.17) is 27.6 Å². The number of imidazole rings is 1. The maximum absolute atomic E-state index is 14.4. The SMILES string of the molecule is O=C(NSc1cnc2c(Cl)cc(Cl)cn12)c1cc2c(F)cc(N3CCC3)cc2o1. The Morgan fingerprint density at radius 1 is 1.24 bits per heavy atom. The van der Waals surface area contributed by atoms with Crippen molar-refractivity contribution in [2.75, 3.05) is 18.0 Å². The number of carbonyl (C=O) groups excluding carboxylic acids is 1. The van der Waals surface area contributed by atoms with E-state index in [2.05, 4.69) is 14.6 Å². The Kier molecular flexibility index (Phi) is 4.57. The molecular weight excluding hydrogens is 438 g/mol. The van der Waals surface area contributed by atoms with Crippen LogP contribution in [0.25, 0.3) is 16.6 Å². The van der Waals surface area contributed by atoms with E-state index in [0.29, 0.717) is 26.3 Å². The summed E-state index contributed by atoms with van der Waals surface area (Å²) in [7, 11) is 0. The molecule has 5 rings (SSSR count). The summed E-state index contributed by atoms with van der Waals surface area (Å²) in [6.45, 7) is 1.78. The third-order valence-corrected chi connectivity index (χ3v) is 6.04. The first-order valence-corrected chi connectivity index (χ1v) is 10.3. The van der Waals surface area contributed by atoms with Crippen molar-refractivity contribution in [2.45, 2.75) is 11.4 Å². The first-order chi connectivity index (χ1) is 14.0. The van der Waals surface area contributed by atoms with E-state index in [9.17, 15) is 9.18 Å². The molecule has 29 heavy (non-hydrogen) atoms. The molecule has 0 atom stereocenters. The number of aromatic nitrogens is 2. The molecule has 3 aromatic heterocycles. The molecule has 1 fully saturated rings. The van der Waals surface area contributed by atoms with Gasteiger partial charge in [-0.05, 0) is 18.6 Å². The molecule has 4 heterocycles. The summed E-state index contributed by atoms with van der Waals surface area (Å²) in [5.41, 5.74) is 1.63. The fourth-order valence-corrected chi connectivity index (χ4v) is 4.33. The molecule has 148 valence electrons. The lowest BCUT2D eigenvalue weighted by Crippen LogP contribution is -2.36. The van der Waals surface area contributed by atoms with Crippen LogP contribution >= 0.6 is 35.1 Å². The number of benzene rings is 1. The van der Waals surface area contributed by atoms with Crippen molar-refractivity contribution < 1.29 is 13.6 Å². The average molecular weight is 451 g/mol. The molecule has 1 N–H and O–H groups in total. The summed E-state index contributed by atoms with van der Waals surface area (Å²) in [5.74, 6) is -0.873. The van der Waals surface area contributed by atoms with E-state index in [1.54, 1.807) is 28.9 Å². The van der Waals surface area contributed by atoms with Crippen molar-refractivity contribution >= 4 is 63.4 Å². The third-order valence-electron chi connectivity index (χ3n) is 4.76. The molecule has 0 unspecified atom stereocenters. The van der Waals surface area contributed by atoms with Crippen molar-refractivity contribution in [3.63, 3.8) is 0 Å². The Labute approximate surface area is 178 Å². The second-order valence-corrected chi connectivity index (χ2v) is 8.29. The molecule has 4 aromatic rings. The van der Waals surface area contributed by atoms with Crippen LogP contribution in [-0.4, -0.2) is 28.4 Å². The third kappa shape index (κ3) is 3.31. The predicted molar refractivity (Wildman–Crippen MR) is 112 cm³/mol. The quantitative estimate of drug-likeness (QED) is 0.434. The molecule has 1 aliphatic heterocycles. The van der Waals surface area contributed by atoms with Crippen LogP contribution in [0.4, 0.5) is 10.1 Å². The van der Waals surface area contributed by atoms with Crippen molar-refractivity contribution in [2.24, 2.45) is 0 Å². The number of hydrogen-bond donors (Lipinski definition) is 1. The molecule has 10 heteroatoms. The highest BCUT2D eigenvalue weighted by Crippen LogP contribution is 2.31. The second kappa shape index (κ2) is 7.12. The number of nitrogens with one attached hydrogen (secondary N) is 1. The van der Waals surface area contributed by atoms with Gasteiger partial charge in [0.25, 0.3) is 5.91 Å². The number of hydrogen-bond acceptors (Lipinski definition) is 5. The van der Waals surface area contributed by atoms with Gasteiger partial charge in [0.15, 0.2) is 11.4 Å². The fraction of sp³-hybridized carbons (Fsp3) is 0.158. The van der Waals surface area contributed by atoms with E-state index in [0.717, 1.165) is 37.1 Å². The van der Waals surface area contributed by atoms with E-state index in [1.165, 1.54) is 12.1 Å². The fourth-order valence-electron chi connectivity index (χ4n) is 3.17. The van der Waals surface area contributed by atoms with Crippen molar-refractivity contribution in [1.29, 1.82) is 0 Å². The van der Waals surface area contributed by atoms with E-state index < -0.39 is 11.7 Å². The van der Waals surface area contributed by atoms with Crippen molar-refractivity contribution in [1.82, 2.24) is 14.1 Å². The topological polar surface area (TPSA) is 62.8 Å². The zero-order valence-corrected chi connectivity index (χ0v) is 17.1. The maximum Gasteiger partial charge on any atom is 0.297 e. The molecule has 0 radical (unpaired) electrons. The van der Waals surface area contributed by atoms with Gasteiger partial charge >= 0.3 is 0 Å². The molecule has 0 bridgehead atoms. The molecular formula is C19H13Cl2FN4O2S. The Bertz CT molecular complexity index is 1270. The summed E-state index contributed by atoms with van der Waals surface area (Å²) < 4.78 is 24.4. The largest absolute Gasteiger partial charge is 0.451 e. The highest BCUT2D eigenvalue weighted by Gasteiger charge is 2.20. The number of nitrogens with zero attached hydrogens (tertiary/aromatic N) is 3. The molecule has 6 nitrogen and oxygen atoms in total. The molecule has 1 aliphatic rings. The van der Waals surface area contributed by atoms with Crippen LogP contribution in [0.3, 0.4) is 0 Å². The van der Waals surface area contributed by atoms with Gasteiger partial charge in [0.1, 0.15) is 16.4 Å². The Morgan fingerprint density at radius 3 is 2.83 bits per heavy atom. The number of halogens is 3. The van der Waals surface area contributed by atoms with Gasteiger partial charge in [-0.3, -0.25) is 13.9 Å². The van der Waals surface area contributed by atoms with Gasteiger partial charge < -0.3 is 9.32 Å².